The summed E-state index contributed by atoms with van der Waals surface area (Å²) in [6, 6.07) is 10.5. The van der Waals surface area contributed by atoms with Crippen molar-refractivity contribution in [1.82, 2.24) is 19.7 Å². The van der Waals surface area contributed by atoms with E-state index in [-0.39, 0.29) is 13.0 Å². The molecular weight excluding hydrogens is 500 g/mol. The molecule has 4 heterocycles. The van der Waals surface area contributed by atoms with Crippen LogP contribution in [-0.2, 0) is 24.2 Å². The topological polar surface area (TPSA) is 83.3 Å². The first-order valence-corrected chi connectivity index (χ1v) is 13.9. The molecule has 2 atom stereocenters. The molecule has 1 fully saturated rings. The lowest BCUT2D eigenvalue weighted by molar-refractivity contribution is -0.143. The second kappa shape index (κ2) is 11.8. The fraction of sp³-hybridized carbons (Fsp3) is 0.500. The summed E-state index contributed by atoms with van der Waals surface area (Å²) >= 11 is 0. The average Bonchev–Trinajstić information content (AvgIpc) is 3.57. The molecule has 0 spiro atoms. The molecule has 0 saturated carbocycles. The van der Waals surface area contributed by atoms with Crippen molar-refractivity contribution in [1.29, 1.82) is 0 Å². The van der Waals surface area contributed by atoms with E-state index < -0.39 is 23.9 Å². The van der Waals surface area contributed by atoms with Crippen molar-refractivity contribution >= 4 is 11.8 Å². The highest BCUT2D eigenvalue weighted by molar-refractivity contribution is 5.75. The van der Waals surface area contributed by atoms with E-state index in [1.165, 1.54) is 5.56 Å². The largest absolute Gasteiger partial charge is 0.480 e. The van der Waals surface area contributed by atoms with E-state index in [0.717, 1.165) is 42.0 Å². The molecule has 2 N–H and O–H groups in total. The van der Waals surface area contributed by atoms with Crippen molar-refractivity contribution in [3.63, 3.8) is 0 Å². The van der Waals surface area contributed by atoms with Gasteiger partial charge in [-0.3, -0.25) is 14.4 Å². The molecule has 0 radical (unpaired) electrons. The predicted octanol–water partition coefficient (Wildman–Crippen LogP) is 5.49. The summed E-state index contributed by atoms with van der Waals surface area (Å²) < 4.78 is 32.2. The number of aryl methyl sites for hydroxylation is 3. The van der Waals surface area contributed by atoms with Crippen LogP contribution in [0.3, 0.4) is 0 Å². The van der Waals surface area contributed by atoms with Crippen LogP contribution >= 0.6 is 0 Å². The number of carboxylic acids is 1. The van der Waals surface area contributed by atoms with Crippen LogP contribution in [0.4, 0.5) is 14.6 Å². The van der Waals surface area contributed by atoms with E-state index in [2.05, 4.69) is 21.5 Å². The summed E-state index contributed by atoms with van der Waals surface area (Å²) in [5, 5.41) is 17.6. The number of rotatable bonds is 11. The molecule has 0 amide bonds. The fourth-order valence-corrected chi connectivity index (χ4v) is 5.80. The number of hydrogen-bond acceptors (Lipinski definition) is 5. The Balaban J connectivity index is 1.13. The van der Waals surface area contributed by atoms with E-state index in [1.54, 1.807) is 23.2 Å². The summed E-state index contributed by atoms with van der Waals surface area (Å²) in [6.45, 7) is 3.91. The highest BCUT2D eigenvalue weighted by Gasteiger charge is 2.45. The minimum atomic E-state index is -2.83. The number of anilines is 1. The number of nitrogens with zero attached hydrogens (tertiary/aromatic N) is 4. The maximum absolute atomic E-state index is 15.2. The fourth-order valence-electron chi connectivity index (χ4n) is 5.80. The van der Waals surface area contributed by atoms with Gasteiger partial charge in [0.05, 0.1) is 12.7 Å². The van der Waals surface area contributed by atoms with Crippen molar-refractivity contribution in [3.8, 4) is 0 Å². The number of carbonyl (C=O) groups is 1. The normalized spacial score (nSPS) is 18.5. The van der Waals surface area contributed by atoms with Crippen molar-refractivity contribution in [2.24, 2.45) is 5.92 Å². The number of aliphatic carboxylic acids is 1. The quantitative estimate of drug-likeness (QED) is 0.315. The Labute approximate surface area is 228 Å². The molecule has 2 aromatic heterocycles. The van der Waals surface area contributed by atoms with Gasteiger partial charge in [0, 0.05) is 37.3 Å². The molecule has 5 rings (SSSR count). The number of halogens is 2. The Morgan fingerprint density at radius 2 is 2.03 bits per heavy atom. The first-order valence-electron chi connectivity index (χ1n) is 13.9. The Kier molecular flexibility index (Phi) is 8.26. The van der Waals surface area contributed by atoms with Crippen LogP contribution in [0.1, 0.15) is 66.1 Å². The Bertz CT molecular complexity index is 1280. The van der Waals surface area contributed by atoms with Gasteiger partial charge in [0.15, 0.2) is 0 Å². The lowest BCUT2D eigenvalue weighted by atomic mass is 9.95. The molecule has 9 heteroatoms. The summed E-state index contributed by atoms with van der Waals surface area (Å²) in [4.78, 5) is 18.6. The Morgan fingerprint density at radius 1 is 1.21 bits per heavy atom. The van der Waals surface area contributed by atoms with Crippen LogP contribution in [0.15, 0.2) is 48.8 Å². The van der Waals surface area contributed by atoms with E-state index >= 15 is 8.78 Å². The molecule has 3 aromatic rings. The lowest BCUT2D eigenvalue weighted by Crippen LogP contribution is -2.35. The number of benzene rings is 1. The van der Waals surface area contributed by atoms with Crippen LogP contribution < -0.4 is 5.32 Å². The number of likely N-dealkylation sites (tertiary alicyclic amines) is 1. The number of pyridine rings is 1. The first-order chi connectivity index (χ1) is 18.8. The number of hydrogen-bond donors (Lipinski definition) is 2. The smallest absolute Gasteiger partial charge is 0.325 e. The van der Waals surface area contributed by atoms with Gasteiger partial charge in [-0.1, -0.05) is 30.3 Å². The Hall–Kier alpha value is -3.33. The maximum atomic E-state index is 15.2. The number of aromatic nitrogens is 3. The molecule has 1 saturated heterocycles. The highest BCUT2D eigenvalue weighted by Crippen LogP contribution is 2.39. The van der Waals surface area contributed by atoms with Crippen LogP contribution in [0, 0.1) is 12.8 Å². The predicted molar refractivity (Wildman–Crippen MR) is 146 cm³/mol. The summed E-state index contributed by atoms with van der Waals surface area (Å²) in [5.74, 6) is -3.74. The molecule has 39 heavy (non-hydrogen) atoms. The SMILES string of the molecule is Cc1cnn(Cc2ccc(C(C(=O)O)N3CCC(C(F)(F)CCCCc4ccc5c(n4)NCCC5)C3)cc2)c1. The lowest BCUT2D eigenvalue weighted by Gasteiger charge is -2.27. The molecule has 2 unspecified atom stereocenters. The summed E-state index contributed by atoms with van der Waals surface area (Å²) in [6.07, 6.45) is 7.72. The van der Waals surface area contributed by atoms with Crippen LogP contribution in [0.25, 0.3) is 0 Å². The monoisotopic (exact) mass is 537 g/mol. The van der Waals surface area contributed by atoms with Gasteiger partial charge in [-0.25, -0.2) is 13.8 Å². The minimum Gasteiger partial charge on any atom is -0.480 e. The van der Waals surface area contributed by atoms with Gasteiger partial charge in [0.1, 0.15) is 11.9 Å². The van der Waals surface area contributed by atoms with Crippen molar-refractivity contribution in [3.05, 3.63) is 76.7 Å². The van der Waals surface area contributed by atoms with Gasteiger partial charge in [0.25, 0.3) is 5.92 Å². The van der Waals surface area contributed by atoms with Gasteiger partial charge < -0.3 is 10.4 Å². The molecule has 1 aromatic carbocycles. The van der Waals surface area contributed by atoms with Crippen molar-refractivity contribution < 1.29 is 18.7 Å². The third-order valence-corrected chi connectivity index (χ3v) is 7.96. The molecule has 0 bridgehead atoms. The zero-order chi connectivity index (χ0) is 27.4. The number of carboxylic acid groups (broad SMARTS) is 1. The zero-order valence-corrected chi connectivity index (χ0v) is 22.5. The number of fused-ring (bicyclic) bond motifs is 1. The van der Waals surface area contributed by atoms with Crippen LogP contribution in [-0.4, -0.2) is 56.3 Å². The maximum Gasteiger partial charge on any atom is 0.325 e. The van der Waals surface area contributed by atoms with Crippen LogP contribution in [0.2, 0.25) is 0 Å². The van der Waals surface area contributed by atoms with E-state index in [1.807, 2.05) is 36.0 Å². The van der Waals surface area contributed by atoms with Gasteiger partial charge in [-0.05, 0) is 80.3 Å². The molecule has 2 aliphatic heterocycles. The zero-order valence-electron chi connectivity index (χ0n) is 22.5. The molecule has 208 valence electrons. The molecule has 0 aliphatic carbocycles. The van der Waals surface area contributed by atoms with E-state index in [9.17, 15) is 9.90 Å². The second-order valence-corrected chi connectivity index (χ2v) is 11.0. The van der Waals surface area contributed by atoms with E-state index in [4.69, 9.17) is 0 Å². The van der Waals surface area contributed by atoms with Crippen molar-refractivity contribution in [2.75, 3.05) is 25.0 Å². The Morgan fingerprint density at radius 3 is 2.77 bits per heavy atom. The summed E-state index contributed by atoms with van der Waals surface area (Å²) in [7, 11) is 0. The number of nitrogens with one attached hydrogen (secondary N) is 1. The van der Waals surface area contributed by atoms with Gasteiger partial charge in [-0.2, -0.15) is 5.10 Å². The average molecular weight is 538 g/mol. The number of alkyl halides is 2. The minimum absolute atomic E-state index is 0.0797. The standard InChI is InChI=1S/C30H37F2N5O2/c1-21-17-34-37(18-21)19-22-7-9-23(10-8-22)27(29(38)39)36-16-13-25(20-36)30(31,32)14-3-2-6-26-12-11-24-5-4-15-33-28(24)35-26/h7-12,17-18,25,27H,2-6,13-16,19-20H2,1H3,(H,33,35)(H,38,39). The van der Waals surface area contributed by atoms with Crippen LogP contribution in [0.5, 0.6) is 0 Å². The molecule has 7 nitrogen and oxygen atoms in total. The molecule has 2 aliphatic rings. The molecular formula is C30H37F2N5O2. The van der Waals surface area contributed by atoms with Gasteiger partial charge >= 0.3 is 5.97 Å². The first kappa shape index (κ1) is 27.2. The third-order valence-electron chi connectivity index (χ3n) is 7.96. The van der Waals surface area contributed by atoms with Gasteiger partial charge in [-0.15, -0.1) is 0 Å². The van der Waals surface area contributed by atoms with E-state index in [0.29, 0.717) is 44.3 Å². The number of unbranched alkanes of at least 4 members (excludes halogenated alkanes) is 1. The van der Waals surface area contributed by atoms with Gasteiger partial charge in [0.2, 0.25) is 0 Å². The highest BCUT2D eigenvalue weighted by atomic mass is 19.3. The second-order valence-electron chi connectivity index (χ2n) is 11.0. The summed E-state index contributed by atoms with van der Waals surface area (Å²) in [5.41, 5.74) is 4.84. The van der Waals surface area contributed by atoms with Crippen molar-refractivity contribution in [2.45, 2.75) is 70.4 Å². The third kappa shape index (κ3) is 6.64.